The first-order valence-corrected chi connectivity index (χ1v) is 5.10. The SMILES string of the molecule is CN(C)C(=O)C1CC(=O)N(C2CC2)C1. The molecule has 1 aliphatic carbocycles. The monoisotopic (exact) mass is 196 g/mol. The van der Waals surface area contributed by atoms with Crippen LogP contribution in [0.3, 0.4) is 0 Å². The number of nitrogens with zero attached hydrogens (tertiary/aromatic N) is 2. The van der Waals surface area contributed by atoms with Crippen LogP contribution in [0.2, 0.25) is 0 Å². The smallest absolute Gasteiger partial charge is 0.227 e. The molecule has 1 saturated carbocycles. The molecule has 78 valence electrons. The Hall–Kier alpha value is -1.06. The third-order valence-electron chi connectivity index (χ3n) is 2.94. The zero-order chi connectivity index (χ0) is 10.3. The summed E-state index contributed by atoms with van der Waals surface area (Å²) < 4.78 is 0. The van der Waals surface area contributed by atoms with Crippen molar-refractivity contribution in [2.45, 2.75) is 25.3 Å². The Morgan fingerprint density at radius 2 is 2.07 bits per heavy atom. The Balaban J connectivity index is 1.98. The number of carbonyl (C=O) groups excluding carboxylic acids is 2. The van der Waals surface area contributed by atoms with E-state index in [1.807, 2.05) is 4.90 Å². The first-order chi connectivity index (χ1) is 6.59. The normalized spacial score (nSPS) is 26.9. The Kier molecular flexibility index (Phi) is 2.21. The molecule has 2 amide bonds. The molecular weight excluding hydrogens is 180 g/mol. The van der Waals surface area contributed by atoms with E-state index in [-0.39, 0.29) is 17.7 Å². The Morgan fingerprint density at radius 1 is 1.43 bits per heavy atom. The van der Waals surface area contributed by atoms with Gasteiger partial charge in [-0.15, -0.1) is 0 Å². The maximum atomic E-state index is 11.6. The quantitative estimate of drug-likeness (QED) is 0.628. The molecule has 1 aliphatic heterocycles. The van der Waals surface area contributed by atoms with Gasteiger partial charge >= 0.3 is 0 Å². The number of hydrogen-bond donors (Lipinski definition) is 0. The largest absolute Gasteiger partial charge is 0.349 e. The fourth-order valence-corrected chi connectivity index (χ4v) is 2.00. The maximum absolute atomic E-state index is 11.6. The lowest BCUT2D eigenvalue weighted by Crippen LogP contribution is -2.32. The lowest BCUT2D eigenvalue weighted by atomic mass is 10.1. The van der Waals surface area contributed by atoms with Gasteiger partial charge in [0, 0.05) is 33.1 Å². The van der Waals surface area contributed by atoms with Gasteiger partial charge in [-0.1, -0.05) is 0 Å². The molecule has 0 aromatic rings. The average Bonchev–Trinajstić information content (AvgIpc) is 2.89. The van der Waals surface area contributed by atoms with Gasteiger partial charge in [0.25, 0.3) is 0 Å². The molecule has 2 fully saturated rings. The van der Waals surface area contributed by atoms with Gasteiger partial charge < -0.3 is 9.80 Å². The van der Waals surface area contributed by atoms with E-state index in [0.717, 1.165) is 12.8 Å². The van der Waals surface area contributed by atoms with Crippen molar-refractivity contribution in [2.75, 3.05) is 20.6 Å². The van der Waals surface area contributed by atoms with E-state index in [1.165, 1.54) is 0 Å². The molecule has 0 bridgehead atoms. The van der Waals surface area contributed by atoms with Crippen LogP contribution in [-0.4, -0.2) is 48.3 Å². The van der Waals surface area contributed by atoms with Crippen molar-refractivity contribution in [3.63, 3.8) is 0 Å². The van der Waals surface area contributed by atoms with Gasteiger partial charge in [0.2, 0.25) is 11.8 Å². The Morgan fingerprint density at radius 3 is 2.57 bits per heavy atom. The summed E-state index contributed by atoms with van der Waals surface area (Å²) in [4.78, 5) is 26.6. The van der Waals surface area contributed by atoms with E-state index in [4.69, 9.17) is 0 Å². The lowest BCUT2D eigenvalue weighted by molar-refractivity contribution is -0.133. The van der Waals surface area contributed by atoms with Crippen LogP contribution in [-0.2, 0) is 9.59 Å². The summed E-state index contributed by atoms with van der Waals surface area (Å²) in [6.07, 6.45) is 2.65. The van der Waals surface area contributed by atoms with Gasteiger partial charge in [-0.05, 0) is 12.8 Å². The van der Waals surface area contributed by atoms with Crippen molar-refractivity contribution in [1.82, 2.24) is 9.80 Å². The summed E-state index contributed by atoms with van der Waals surface area (Å²) in [5, 5.41) is 0. The molecule has 4 heteroatoms. The number of rotatable bonds is 2. The highest BCUT2D eigenvalue weighted by atomic mass is 16.2. The molecule has 4 nitrogen and oxygen atoms in total. The zero-order valence-electron chi connectivity index (χ0n) is 8.69. The molecule has 0 aromatic carbocycles. The van der Waals surface area contributed by atoms with Crippen LogP contribution in [0, 0.1) is 5.92 Å². The Bertz CT molecular complexity index is 271. The van der Waals surface area contributed by atoms with E-state index in [1.54, 1.807) is 19.0 Å². The number of likely N-dealkylation sites (tertiary alicyclic amines) is 1. The maximum Gasteiger partial charge on any atom is 0.227 e. The van der Waals surface area contributed by atoms with Gasteiger partial charge in [-0.25, -0.2) is 0 Å². The van der Waals surface area contributed by atoms with Crippen LogP contribution >= 0.6 is 0 Å². The molecule has 1 unspecified atom stereocenters. The predicted octanol–water partition coefficient (Wildman–Crippen LogP) is 0.0855. The molecule has 1 heterocycles. The lowest BCUT2D eigenvalue weighted by Gasteiger charge is -2.17. The second kappa shape index (κ2) is 3.26. The predicted molar refractivity (Wildman–Crippen MR) is 51.5 cm³/mol. The van der Waals surface area contributed by atoms with Gasteiger partial charge in [-0.3, -0.25) is 9.59 Å². The van der Waals surface area contributed by atoms with Gasteiger partial charge in [0.05, 0.1) is 5.92 Å². The van der Waals surface area contributed by atoms with E-state index in [2.05, 4.69) is 0 Å². The Labute approximate surface area is 83.9 Å². The highest BCUT2D eigenvalue weighted by Crippen LogP contribution is 2.32. The highest BCUT2D eigenvalue weighted by Gasteiger charge is 2.41. The van der Waals surface area contributed by atoms with Crippen molar-refractivity contribution in [3.05, 3.63) is 0 Å². The standard InChI is InChI=1S/C10H16N2O2/c1-11(2)10(14)7-5-9(13)12(6-7)8-3-4-8/h7-8H,3-6H2,1-2H3. The molecule has 1 atom stereocenters. The van der Waals surface area contributed by atoms with Crippen LogP contribution < -0.4 is 0 Å². The van der Waals surface area contributed by atoms with E-state index in [0.29, 0.717) is 19.0 Å². The summed E-state index contributed by atoms with van der Waals surface area (Å²) in [6.45, 7) is 0.639. The number of hydrogen-bond acceptors (Lipinski definition) is 2. The van der Waals surface area contributed by atoms with E-state index in [9.17, 15) is 9.59 Å². The second-order valence-corrected chi connectivity index (χ2v) is 4.41. The van der Waals surface area contributed by atoms with Gasteiger partial charge in [0.15, 0.2) is 0 Å². The first kappa shape index (κ1) is 9.49. The van der Waals surface area contributed by atoms with Crippen molar-refractivity contribution >= 4 is 11.8 Å². The number of amides is 2. The van der Waals surface area contributed by atoms with Crippen LogP contribution in [0.15, 0.2) is 0 Å². The fourth-order valence-electron chi connectivity index (χ4n) is 2.00. The van der Waals surface area contributed by atoms with Crippen molar-refractivity contribution in [1.29, 1.82) is 0 Å². The third kappa shape index (κ3) is 1.61. The van der Waals surface area contributed by atoms with Gasteiger partial charge in [0.1, 0.15) is 0 Å². The van der Waals surface area contributed by atoms with Crippen LogP contribution in [0.1, 0.15) is 19.3 Å². The first-order valence-electron chi connectivity index (χ1n) is 5.10. The fraction of sp³-hybridized carbons (Fsp3) is 0.800. The molecule has 0 radical (unpaired) electrons. The summed E-state index contributed by atoms with van der Waals surface area (Å²) in [7, 11) is 3.49. The molecule has 1 saturated heterocycles. The zero-order valence-corrected chi connectivity index (χ0v) is 8.69. The minimum Gasteiger partial charge on any atom is -0.349 e. The summed E-state index contributed by atoms with van der Waals surface area (Å²) >= 11 is 0. The van der Waals surface area contributed by atoms with Crippen LogP contribution in [0.25, 0.3) is 0 Å². The molecule has 0 spiro atoms. The van der Waals surface area contributed by atoms with Crippen molar-refractivity contribution in [2.24, 2.45) is 5.92 Å². The molecule has 0 N–H and O–H groups in total. The van der Waals surface area contributed by atoms with E-state index >= 15 is 0 Å². The number of carbonyl (C=O) groups is 2. The topological polar surface area (TPSA) is 40.6 Å². The molecule has 2 rings (SSSR count). The molecule has 2 aliphatic rings. The minimum absolute atomic E-state index is 0.0847. The van der Waals surface area contributed by atoms with Crippen LogP contribution in [0.4, 0.5) is 0 Å². The minimum atomic E-state index is -0.0990. The summed E-state index contributed by atoms with van der Waals surface area (Å²) in [6, 6.07) is 0.447. The average molecular weight is 196 g/mol. The third-order valence-corrected chi connectivity index (χ3v) is 2.94. The van der Waals surface area contributed by atoms with Crippen molar-refractivity contribution in [3.8, 4) is 0 Å². The highest BCUT2D eigenvalue weighted by molar-refractivity contribution is 5.89. The van der Waals surface area contributed by atoms with Crippen molar-refractivity contribution < 1.29 is 9.59 Å². The molecular formula is C10H16N2O2. The van der Waals surface area contributed by atoms with E-state index < -0.39 is 0 Å². The second-order valence-electron chi connectivity index (χ2n) is 4.41. The van der Waals surface area contributed by atoms with Gasteiger partial charge in [-0.2, -0.15) is 0 Å². The molecule has 0 aromatic heterocycles. The molecule has 14 heavy (non-hydrogen) atoms. The summed E-state index contributed by atoms with van der Waals surface area (Å²) in [5.41, 5.74) is 0. The van der Waals surface area contributed by atoms with Crippen LogP contribution in [0.5, 0.6) is 0 Å². The summed E-state index contributed by atoms with van der Waals surface area (Å²) in [5.74, 6) is 0.146.